The third-order valence-electron chi connectivity index (χ3n) is 3.02. The smallest absolute Gasteiger partial charge is 0.149 e. The molecule has 0 aliphatic rings. The SMILES string of the molecule is CC(=O)C(C)(C)NCCNC(C)(C)C(C)=O. The minimum atomic E-state index is -0.498. The molecule has 4 heteroatoms. The first-order chi connectivity index (χ1) is 7.09. The second-order valence-corrected chi connectivity index (χ2v) is 5.22. The fraction of sp³-hybridized carbons (Fsp3) is 0.833. The number of Topliss-reactive ketones (excluding diaryl/α,β-unsaturated/α-hetero) is 2. The van der Waals surface area contributed by atoms with E-state index in [2.05, 4.69) is 10.6 Å². The van der Waals surface area contributed by atoms with Gasteiger partial charge in [0.2, 0.25) is 0 Å². The van der Waals surface area contributed by atoms with Gasteiger partial charge >= 0.3 is 0 Å². The third kappa shape index (κ3) is 4.86. The molecule has 0 aromatic rings. The Labute approximate surface area is 98.2 Å². The van der Waals surface area contributed by atoms with Crippen LogP contribution in [-0.2, 0) is 9.59 Å². The number of nitrogens with one attached hydrogen (secondary N) is 2. The number of hydrogen-bond acceptors (Lipinski definition) is 4. The summed E-state index contributed by atoms with van der Waals surface area (Å²) in [5.41, 5.74) is -0.996. The average molecular weight is 228 g/mol. The van der Waals surface area contributed by atoms with Crippen molar-refractivity contribution >= 4 is 11.6 Å². The molecule has 0 unspecified atom stereocenters. The summed E-state index contributed by atoms with van der Waals surface area (Å²) in [6, 6.07) is 0. The van der Waals surface area contributed by atoms with E-state index in [0.29, 0.717) is 13.1 Å². The van der Waals surface area contributed by atoms with Crippen LogP contribution in [0.5, 0.6) is 0 Å². The lowest BCUT2D eigenvalue weighted by atomic mass is 10.00. The van der Waals surface area contributed by atoms with E-state index >= 15 is 0 Å². The van der Waals surface area contributed by atoms with Crippen LogP contribution < -0.4 is 10.6 Å². The highest BCUT2D eigenvalue weighted by atomic mass is 16.1. The highest BCUT2D eigenvalue weighted by molar-refractivity contribution is 5.85. The van der Waals surface area contributed by atoms with Crippen molar-refractivity contribution in [3.8, 4) is 0 Å². The standard InChI is InChI=1S/C12H24N2O2/c1-9(15)11(3,4)13-7-8-14-12(5,6)10(2)16/h13-14H,7-8H2,1-6H3. The van der Waals surface area contributed by atoms with Gasteiger partial charge in [-0.25, -0.2) is 0 Å². The van der Waals surface area contributed by atoms with Gasteiger partial charge in [-0.3, -0.25) is 9.59 Å². The first-order valence-corrected chi connectivity index (χ1v) is 5.62. The molecule has 94 valence electrons. The number of carbonyl (C=O) groups is 2. The summed E-state index contributed by atoms with van der Waals surface area (Å²) in [7, 11) is 0. The Morgan fingerprint density at radius 2 is 1.06 bits per heavy atom. The van der Waals surface area contributed by atoms with Crippen molar-refractivity contribution in [3.63, 3.8) is 0 Å². The summed E-state index contributed by atoms with van der Waals surface area (Å²) in [6.07, 6.45) is 0. The molecule has 0 radical (unpaired) electrons. The van der Waals surface area contributed by atoms with Gasteiger partial charge in [-0.05, 0) is 41.5 Å². The molecule has 16 heavy (non-hydrogen) atoms. The van der Waals surface area contributed by atoms with Gasteiger partial charge in [-0.15, -0.1) is 0 Å². The van der Waals surface area contributed by atoms with Crippen LogP contribution >= 0.6 is 0 Å². The molecule has 2 N–H and O–H groups in total. The molecule has 0 atom stereocenters. The second kappa shape index (κ2) is 5.55. The fourth-order valence-corrected chi connectivity index (χ4v) is 0.999. The molecule has 0 spiro atoms. The van der Waals surface area contributed by atoms with Gasteiger partial charge in [0.25, 0.3) is 0 Å². The first kappa shape index (κ1) is 15.3. The number of carbonyl (C=O) groups excluding carboxylic acids is 2. The van der Waals surface area contributed by atoms with Crippen molar-refractivity contribution in [1.82, 2.24) is 10.6 Å². The van der Waals surface area contributed by atoms with Crippen molar-refractivity contribution in [2.24, 2.45) is 0 Å². The summed E-state index contributed by atoms with van der Waals surface area (Å²) in [5.74, 6) is 0.219. The zero-order valence-corrected chi connectivity index (χ0v) is 11.2. The molecule has 0 bridgehead atoms. The lowest BCUT2D eigenvalue weighted by Crippen LogP contribution is -2.52. The summed E-state index contributed by atoms with van der Waals surface area (Å²) >= 11 is 0. The zero-order chi connectivity index (χ0) is 13.0. The normalized spacial score (nSPS) is 12.6. The van der Waals surface area contributed by atoms with Crippen LogP contribution in [0.4, 0.5) is 0 Å². The highest BCUT2D eigenvalue weighted by Gasteiger charge is 2.24. The molecular weight excluding hydrogens is 204 g/mol. The van der Waals surface area contributed by atoms with Crippen LogP contribution in [0, 0.1) is 0 Å². The van der Waals surface area contributed by atoms with E-state index < -0.39 is 11.1 Å². The molecular formula is C12H24N2O2. The predicted molar refractivity (Wildman–Crippen MR) is 65.5 cm³/mol. The van der Waals surface area contributed by atoms with Gasteiger partial charge in [0.15, 0.2) is 0 Å². The third-order valence-corrected chi connectivity index (χ3v) is 3.02. The summed E-state index contributed by atoms with van der Waals surface area (Å²) < 4.78 is 0. The largest absolute Gasteiger partial charge is 0.304 e. The van der Waals surface area contributed by atoms with Crippen LogP contribution in [0.2, 0.25) is 0 Å². The number of rotatable bonds is 7. The number of ketones is 2. The van der Waals surface area contributed by atoms with E-state index in [9.17, 15) is 9.59 Å². The van der Waals surface area contributed by atoms with Crippen LogP contribution in [0.15, 0.2) is 0 Å². The van der Waals surface area contributed by atoms with E-state index in [1.165, 1.54) is 0 Å². The Kier molecular flexibility index (Phi) is 5.29. The van der Waals surface area contributed by atoms with Crippen LogP contribution in [0.1, 0.15) is 41.5 Å². The molecule has 0 saturated carbocycles. The maximum absolute atomic E-state index is 11.2. The van der Waals surface area contributed by atoms with Crippen LogP contribution in [-0.4, -0.2) is 35.7 Å². The van der Waals surface area contributed by atoms with Gasteiger partial charge in [-0.2, -0.15) is 0 Å². The Morgan fingerprint density at radius 1 is 0.812 bits per heavy atom. The molecule has 0 aromatic heterocycles. The summed E-state index contributed by atoms with van der Waals surface area (Å²) in [5, 5.41) is 6.29. The molecule has 0 amide bonds. The predicted octanol–water partition coefficient (Wildman–Crippen LogP) is 0.901. The van der Waals surface area contributed by atoms with E-state index in [1.54, 1.807) is 13.8 Å². The summed E-state index contributed by atoms with van der Waals surface area (Å²) in [6.45, 7) is 11.9. The van der Waals surface area contributed by atoms with Gasteiger partial charge in [-0.1, -0.05) is 0 Å². The molecule has 4 nitrogen and oxygen atoms in total. The van der Waals surface area contributed by atoms with Gasteiger partial charge in [0.1, 0.15) is 11.6 Å². The van der Waals surface area contributed by atoms with Gasteiger partial charge in [0.05, 0.1) is 11.1 Å². The summed E-state index contributed by atoms with van der Waals surface area (Å²) in [4.78, 5) is 22.5. The average Bonchev–Trinajstić information content (AvgIpc) is 2.12. The molecule has 0 aromatic carbocycles. The lowest BCUT2D eigenvalue weighted by Gasteiger charge is -2.26. The van der Waals surface area contributed by atoms with E-state index in [1.807, 2.05) is 27.7 Å². The molecule has 0 rings (SSSR count). The lowest BCUT2D eigenvalue weighted by molar-refractivity contribution is -0.123. The molecule has 0 fully saturated rings. The van der Waals surface area contributed by atoms with Crippen molar-refractivity contribution in [2.45, 2.75) is 52.6 Å². The maximum atomic E-state index is 11.2. The molecule has 0 aliphatic heterocycles. The quantitative estimate of drug-likeness (QED) is 0.636. The fourth-order valence-electron chi connectivity index (χ4n) is 0.999. The van der Waals surface area contributed by atoms with Crippen molar-refractivity contribution < 1.29 is 9.59 Å². The Bertz CT molecular complexity index is 242. The van der Waals surface area contributed by atoms with Crippen molar-refractivity contribution in [3.05, 3.63) is 0 Å². The minimum absolute atomic E-state index is 0.110. The second-order valence-electron chi connectivity index (χ2n) is 5.22. The van der Waals surface area contributed by atoms with Crippen molar-refractivity contribution in [2.75, 3.05) is 13.1 Å². The molecule has 0 saturated heterocycles. The van der Waals surface area contributed by atoms with Crippen molar-refractivity contribution in [1.29, 1.82) is 0 Å². The maximum Gasteiger partial charge on any atom is 0.149 e. The molecule has 0 heterocycles. The van der Waals surface area contributed by atoms with Gasteiger partial charge < -0.3 is 10.6 Å². The Morgan fingerprint density at radius 3 is 1.25 bits per heavy atom. The van der Waals surface area contributed by atoms with E-state index in [0.717, 1.165) is 0 Å². The minimum Gasteiger partial charge on any atom is -0.304 e. The Hall–Kier alpha value is -0.740. The van der Waals surface area contributed by atoms with Gasteiger partial charge in [0, 0.05) is 13.1 Å². The van der Waals surface area contributed by atoms with E-state index in [-0.39, 0.29) is 11.6 Å². The first-order valence-electron chi connectivity index (χ1n) is 5.62. The molecule has 0 aliphatic carbocycles. The zero-order valence-electron chi connectivity index (χ0n) is 11.2. The topological polar surface area (TPSA) is 58.2 Å². The number of hydrogen-bond donors (Lipinski definition) is 2. The monoisotopic (exact) mass is 228 g/mol. The van der Waals surface area contributed by atoms with Crippen LogP contribution in [0.3, 0.4) is 0 Å². The van der Waals surface area contributed by atoms with Crippen LogP contribution in [0.25, 0.3) is 0 Å². The Balaban J connectivity index is 3.94. The highest BCUT2D eigenvalue weighted by Crippen LogP contribution is 2.04. The van der Waals surface area contributed by atoms with E-state index in [4.69, 9.17) is 0 Å².